The first-order valence-corrected chi connectivity index (χ1v) is 9.51. The molecule has 140 valence electrons. The average molecular weight is 376 g/mol. The van der Waals surface area contributed by atoms with Crippen LogP contribution in [0.2, 0.25) is 5.02 Å². The second kappa shape index (κ2) is 9.21. The molecule has 1 unspecified atom stereocenters. The number of piperidine rings is 1. The summed E-state index contributed by atoms with van der Waals surface area (Å²) in [5.41, 5.74) is 1.28. The maximum atomic E-state index is 12.2. The molecule has 0 spiro atoms. The summed E-state index contributed by atoms with van der Waals surface area (Å²) in [5, 5.41) is 7.13. The molecule has 1 aromatic heterocycles. The highest BCUT2D eigenvalue weighted by Gasteiger charge is 2.23. The third-order valence-corrected chi connectivity index (χ3v) is 5.05. The number of halogens is 1. The normalized spacial score (nSPS) is 17.2. The predicted molar refractivity (Wildman–Crippen MR) is 103 cm³/mol. The van der Waals surface area contributed by atoms with Gasteiger partial charge in [0, 0.05) is 17.6 Å². The van der Waals surface area contributed by atoms with Crippen LogP contribution in [0.4, 0.5) is 0 Å². The number of furan rings is 1. The van der Waals surface area contributed by atoms with E-state index in [0.29, 0.717) is 12.6 Å². The lowest BCUT2D eigenvalue weighted by molar-refractivity contribution is -0.123. The number of nitrogens with zero attached hydrogens (tertiary/aromatic N) is 1. The van der Waals surface area contributed by atoms with Crippen LogP contribution < -0.4 is 10.6 Å². The second-order valence-electron chi connectivity index (χ2n) is 6.86. The Labute approximate surface area is 159 Å². The predicted octanol–water partition coefficient (Wildman–Crippen LogP) is 3.19. The maximum absolute atomic E-state index is 12.2. The van der Waals surface area contributed by atoms with Crippen LogP contribution in [0.25, 0.3) is 0 Å². The van der Waals surface area contributed by atoms with Gasteiger partial charge in [0.05, 0.1) is 18.8 Å². The Hall–Kier alpha value is -1.82. The molecular weight excluding hydrogens is 350 g/mol. The average Bonchev–Trinajstić information content (AvgIpc) is 3.17. The monoisotopic (exact) mass is 375 g/mol. The van der Waals surface area contributed by atoms with Gasteiger partial charge in [0.1, 0.15) is 5.76 Å². The van der Waals surface area contributed by atoms with Gasteiger partial charge in [-0.15, -0.1) is 0 Å². The number of carbonyl (C=O) groups is 1. The third kappa shape index (κ3) is 5.59. The zero-order chi connectivity index (χ0) is 18.4. The van der Waals surface area contributed by atoms with Crippen LogP contribution in [0, 0.1) is 0 Å². The number of amides is 1. The van der Waals surface area contributed by atoms with E-state index in [2.05, 4.69) is 27.7 Å². The molecule has 2 heterocycles. The molecule has 1 fully saturated rings. The van der Waals surface area contributed by atoms with Crippen molar-refractivity contribution in [1.82, 2.24) is 15.5 Å². The fraction of sp³-hybridized carbons (Fsp3) is 0.450. The molecule has 0 aliphatic carbocycles. The molecular formula is C20H26ClN3O2. The van der Waals surface area contributed by atoms with Crippen LogP contribution in [0.3, 0.4) is 0 Å². The molecule has 2 aromatic rings. The zero-order valence-electron chi connectivity index (χ0n) is 15.1. The van der Waals surface area contributed by atoms with Crippen LogP contribution in [0.1, 0.15) is 31.1 Å². The minimum Gasteiger partial charge on any atom is -0.467 e. The molecule has 1 atom stereocenters. The second-order valence-corrected chi connectivity index (χ2v) is 7.30. The molecule has 1 aromatic carbocycles. The third-order valence-electron chi connectivity index (χ3n) is 4.80. The number of carbonyl (C=O) groups excluding carboxylic acids is 1. The van der Waals surface area contributed by atoms with E-state index < -0.39 is 0 Å². The van der Waals surface area contributed by atoms with Crippen LogP contribution in [-0.4, -0.2) is 36.0 Å². The number of hydrogen-bond donors (Lipinski definition) is 2. The Balaban J connectivity index is 1.37. The Morgan fingerprint density at radius 2 is 2.00 bits per heavy atom. The molecule has 0 bridgehead atoms. The van der Waals surface area contributed by atoms with Gasteiger partial charge in [-0.05, 0) is 62.7 Å². The topological polar surface area (TPSA) is 57.5 Å². The Morgan fingerprint density at radius 3 is 2.65 bits per heavy atom. The molecule has 2 N–H and O–H groups in total. The molecule has 6 heteroatoms. The number of benzene rings is 1. The standard InChI is InChI=1S/C20H26ClN3O2/c1-15(20(25)22-13-19-3-2-12-26-19)23-18-8-10-24(11-9-18)14-16-4-6-17(21)7-5-16/h2-7,12,15,18,23H,8-11,13-14H2,1H3,(H,22,25). The van der Waals surface area contributed by atoms with Crippen molar-refractivity contribution in [1.29, 1.82) is 0 Å². The van der Waals surface area contributed by atoms with E-state index in [1.807, 2.05) is 31.2 Å². The van der Waals surface area contributed by atoms with Gasteiger partial charge >= 0.3 is 0 Å². The number of rotatable bonds is 7. The van der Waals surface area contributed by atoms with Gasteiger partial charge in [0.2, 0.25) is 5.91 Å². The van der Waals surface area contributed by atoms with E-state index in [0.717, 1.165) is 43.3 Å². The Morgan fingerprint density at radius 1 is 1.27 bits per heavy atom. The molecule has 3 rings (SSSR count). The van der Waals surface area contributed by atoms with Crippen molar-refractivity contribution in [2.75, 3.05) is 13.1 Å². The van der Waals surface area contributed by atoms with Gasteiger partial charge in [-0.2, -0.15) is 0 Å². The maximum Gasteiger partial charge on any atom is 0.237 e. The molecule has 0 saturated carbocycles. The summed E-state index contributed by atoms with van der Waals surface area (Å²) < 4.78 is 5.23. The SMILES string of the molecule is CC(NC1CCN(Cc2ccc(Cl)cc2)CC1)C(=O)NCc1ccco1. The first-order chi connectivity index (χ1) is 12.6. The first kappa shape index (κ1) is 19.0. The molecule has 5 nitrogen and oxygen atoms in total. The van der Waals surface area contributed by atoms with Crippen molar-refractivity contribution in [2.24, 2.45) is 0 Å². The van der Waals surface area contributed by atoms with Crippen LogP contribution in [0.5, 0.6) is 0 Å². The van der Waals surface area contributed by atoms with Crippen molar-refractivity contribution in [3.63, 3.8) is 0 Å². The Bertz CT molecular complexity index is 680. The summed E-state index contributed by atoms with van der Waals surface area (Å²) in [7, 11) is 0. The van der Waals surface area contributed by atoms with Crippen LogP contribution in [0.15, 0.2) is 47.1 Å². The quantitative estimate of drug-likeness (QED) is 0.780. The van der Waals surface area contributed by atoms with Gasteiger partial charge in [-0.3, -0.25) is 9.69 Å². The molecule has 26 heavy (non-hydrogen) atoms. The summed E-state index contributed by atoms with van der Waals surface area (Å²) >= 11 is 5.94. The lowest BCUT2D eigenvalue weighted by Gasteiger charge is -2.33. The summed E-state index contributed by atoms with van der Waals surface area (Å²) in [6, 6.07) is 11.9. The fourth-order valence-corrected chi connectivity index (χ4v) is 3.40. The minimum atomic E-state index is -0.210. The first-order valence-electron chi connectivity index (χ1n) is 9.13. The van der Waals surface area contributed by atoms with Crippen molar-refractivity contribution >= 4 is 17.5 Å². The van der Waals surface area contributed by atoms with Gasteiger partial charge in [0.25, 0.3) is 0 Å². The number of nitrogens with one attached hydrogen (secondary N) is 2. The van der Waals surface area contributed by atoms with Gasteiger partial charge in [-0.1, -0.05) is 23.7 Å². The van der Waals surface area contributed by atoms with Crippen molar-refractivity contribution in [3.05, 3.63) is 59.0 Å². The van der Waals surface area contributed by atoms with Crippen LogP contribution in [-0.2, 0) is 17.9 Å². The highest BCUT2D eigenvalue weighted by Crippen LogP contribution is 2.16. The highest BCUT2D eigenvalue weighted by atomic mass is 35.5. The van der Waals surface area contributed by atoms with Crippen molar-refractivity contribution in [3.8, 4) is 0 Å². The lowest BCUT2D eigenvalue weighted by atomic mass is 10.0. The molecule has 1 saturated heterocycles. The van der Waals surface area contributed by atoms with E-state index >= 15 is 0 Å². The lowest BCUT2D eigenvalue weighted by Crippen LogP contribution is -2.50. The van der Waals surface area contributed by atoms with Gasteiger partial charge in [-0.25, -0.2) is 0 Å². The van der Waals surface area contributed by atoms with Crippen molar-refractivity contribution < 1.29 is 9.21 Å². The van der Waals surface area contributed by atoms with E-state index in [1.165, 1.54) is 5.56 Å². The highest BCUT2D eigenvalue weighted by molar-refractivity contribution is 6.30. The molecule has 1 amide bonds. The molecule has 0 radical (unpaired) electrons. The summed E-state index contributed by atoms with van der Waals surface area (Å²) in [5.74, 6) is 0.769. The van der Waals surface area contributed by atoms with E-state index in [1.54, 1.807) is 6.26 Å². The smallest absolute Gasteiger partial charge is 0.237 e. The minimum absolute atomic E-state index is 0.00462. The number of likely N-dealkylation sites (tertiary alicyclic amines) is 1. The van der Waals surface area contributed by atoms with Crippen LogP contribution >= 0.6 is 11.6 Å². The van der Waals surface area contributed by atoms with Gasteiger partial charge < -0.3 is 15.1 Å². The summed E-state index contributed by atoms with van der Waals surface area (Å²) in [6.07, 6.45) is 3.70. The molecule has 1 aliphatic heterocycles. The summed E-state index contributed by atoms with van der Waals surface area (Å²) in [6.45, 7) is 5.35. The Kier molecular flexibility index (Phi) is 6.72. The van der Waals surface area contributed by atoms with Crippen molar-refractivity contribution in [2.45, 2.75) is 44.9 Å². The largest absolute Gasteiger partial charge is 0.467 e. The van der Waals surface area contributed by atoms with E-state index in [-0.39, 0.29) is 11.9 Å². The fourth-order valence-electron chi connectivity index (χ4n) is 3.28. The van der Waals surface area contributed by atoms with E-state index in [9.17, 15) is 4.79 Å². The van der Waals surface area contributed by atoms with Gasteiger partial charge in [0.15, 0.2) is 0 Å². The van der Waals surface area contributed by atoms with E-state index in [4.69, 9.17) is 16.0 Å². The summed E-state index contributed by atoms with van der Waals surface area (Å²) in [4.78, 5) is 14.7. The molecule has 1 aliphatic rings. The zero-order valence-corrected chi connectivity index (χ0v) is 15.8. The number of hydrogen-bond acceptors (Lipinski definition) is 4.